The number of hydrogen-bond donors (Lipinski definition) is 1. The molecular formula is C12H14Br2ClNO2. The Bertz CT molecular complexity index is 402. The molecule has 1 aromatic carbocycles. The molecular weight excluding hydrogens is 385 g/mol. The fourth-order valence-electron chi connectivity index (χ4n) is 1.30. The van der Waals surface area contributed by atoms with Gasteiger partial charge in [0.05, 0.1) is 12.2 Å². The molecule has 6 heteroatoms. The molecule has 100 valence electrons. The smallest absolute Gasteiger partial charge is 0.252 e. The zero-order chi connectivity index (χ0) is 13.4. The lowest BCUT2D eigenvalue weighted by Gasteiger charge is -2.07. The molecule has 18 heavy (non-hydrogen) atoms. The highest BCUT2D eigenvalue weighted by Crippen LogP contribution is 2.21. The van der Waals surface area contributed by atoms with Crippen molar-refractivity contribution < 1.29 is 9.53 Å². The van der Waals surface area contributed by atoms with E-state index in [1.54, 1.807) is 18.2 Å². The Morgan fingerprint density at radius 3 is 2.83 bits per heavy atom. The van der Waals surface area contributed by atoms with Crippen LogP contribution in [0.25, 0.3) is 0 Å². The monoisotopic (exact) mass is 397 g/mol. The molecule has 0 atom stereocenters. The average molecular weight is 400 g/mol. The minimum absolute atomic E-state index is 0.112. The summed E-state index contributed by atoms with van der Waals surface area (Å²) < 4.78 is 5.98. The topological polar surface area (TPSA) is 38.3 Å². The van der Waals surface area contributed by atoms with Gasteiger partial charge in [0.2, 0.25) is 0 Å². The van der Waals surface area contributed by atoms with Crippen LogP contribution in [0.4, 0.5) is 0 Å². The van der Waals surface area contributed by atoms with Gasteiger partial charge in [0.15, 0.2) is 0 Å². The first-order valence-corrected chi connectivity index (χ1v) is 7.81. The molecule has 3 nitrogen and oxygen atoms in total. The maximum absolute atomic E-state index is 11.8. The van der Waals surface area contributed by atoms with Crippen LogP contribution in [0.5, 0.6) is 0 Å². The van der Waals surface area contributed by atoms with Crippen LogP contribution in [0, 0.1) is 0 Å². The van der Waals surface area contributed by atoms with Gasteiger partial charge in [-0.25, -0.2) is 0 Å². The molecule has 1 aromatic rings. The zero-order valence-electron chi connectivity index (χ0n) is 9.72. The van der Waals surface area contributed by atoms with Gasteiger partial charge in [-0.1, -0.05) is 27.5 Å². The number of ether oxygens (including phenoxy) is 1. The minimum atomic E-state index is -0.112. The molecule has 0 aliphatic carbocycles. The number of amides is 1. The van der Waals surface area contributed by atoms with Crippen molar-refractivity contribution in [2.75, 3.05) is 25.1 Å². The molecule has 0 aromatic heterocycles. The summed E-state index contributed by atoms with van der Waals surface area (Å²) in [6, 6.07) is 5.10. The first-order chi connectivity index (χ1) is 8.65. The number of hydrogen-bond acceptors (Lipinski definition) is 2. The second-order valence-corrected chi connectivity index (χ2v) is 5.62. The van der Waals surface area contributed by atoms with Gasteiger partial charge in [-0.05, 0) is 40.5 Å². The Balaban J connectivity index is 2.32. The standard InChI is InChI=1S/C12H14Br2ClNO2/c13-4-7-18-6-1-5-16-12(17)10-3-2-9(15)8-11(10)14/h2-3,8H,1,4-7H2,(H,16,17). The number of alkyl halides is 1. The molecule has 0 saturated heterocycles. The highest BCUT2D eigenvalue weighted by molar-refractivity contribution is 9.10. The Hall–Kier alpha value is -0.100. The third-order valence-corrected chi connectivity index (χ3v) is 3.36. The van der Waals surface area contributed by atoms with E-state index >= 15 is 0 Å². The van der Waals surface area contributed by atoms with Crippen molar-refractivity contribution in [3.8, 4) is 0 Å². The molecule has 0 bridgehead atoms. The van der Waals surface area contributed by atoms with E-state index in [0.717, 1.165) is 11.8 Å². The van der Waals surface area contributed by atoms with E-state index in [0.29, 0.717) is 34.8 Å². The summed E-state index contributed by atoms with van der Waals surface area (Å²) in [7, 11) is 0. The largest absolute Gasteiger partial charge is 0.381 e. The molecule has 0 saturated carbocycles. The van der Waals surface area contributed by atoms with E-state index in [2.05, 4.69) is 37.2 Å². The van der Waals surface area contributed by atoms with Crippen molar-refractivity contribution in [3.63, 3.8) is 0 Å². The van der Waals surface area contributed by atoms with Gasteiger partial charge in [-0.3, -0.25) is 4.79 Å². The summed E-state index contributed by atoms with van der Waals surface area (Å²) in [5.41, 5.74) is 0.584. The van der Waals surface area contributed by atoms with Crippen molar-refractivity contribution in [1.29, 1.82) is 0 Å². The van der Waals surface area contributed by atoms with E-state index in [-0.39, 0.29) is 5.91 Å². The number of benzene rings is 1. The summed E-state index contributed by atoms with van der Waals surface area (Å²) >= 11 is 12.4. The number of rotatable bonds is 7. The highest BCUT2D eigenvalue weighted by atomic mass is 79.9. The van der Waals surface area contributed by atoms with Crippen molar-refractivity contribution >= 4 is 49.4 Å². The summed E-state index contributed by atoms with van der Waals surface area (Å²) in [6.45, 7) is 1.93. The van der Waals surface area contributed by atoms with Gasteiger partial charge in [-0.15, -0.1) is 0 Å². The summed E-state index contributed by atoms with van der Waals surface area (Å²) in [5, 5.41) is 4.26. The first kappa shape index (κ1) is 16.0. The molecule has 0 radical (unpaired) electrons. The van der Waals surface area contributed by atoms with Crippen molar-refractivity contribution in [3.05, 3.63) is 33.3 Å². The summed E-state index contributed by atoms with van der Waals surface area (Å²) in [6.07, 6.45) is 0.796. The van der Waals surface area contributed by atoms with Crippen LogP contribution in [0.3, 0.4) is 0 Å². The zero-order valence-corrected chi connectivity index (χ0v) is 13.6. The Labute approximate surface area is 128 Å². The fraction of sp³-hybridized carbons (Fsp3) is 0.417. The summed E-state index contributed by atoms with van der Waals surface area (Å²) in [5.74, 6) is -0.112. The van der Waals surface area contributed by atoms with Crippen LogP contribution in [0.15, 0.2) is 22.7 Å². The fourth-order valence-corrected chi connectivity index (χ4v) is 2.39. The number of carbonyl (C=O) groups is 1. The second kappa shape index (κ2) is 8.91. The predicted octanol–water partition coefficient (Wildman–Crippen LogP) is 3.63. The molecule has 0 unspecified atom stereocenters. The van der Waals surface area contributed by atoms with Crippen LogP contribution in [0.2, 0.25) is 5.02 Å². The molecule has 0 aliphatic heterocycles. The van der Waals surface area contributed by atoms with Crippen LogP contribution in [0.1, 0.15) is 16.8 Å². The molecule has 1 rings (SSSR count). The second-order valence-electron chi connectivity index (χ2n) is 3.53. The number of halogens is 3. The minimum Gasteiger partial charge on any atom is -0.381 e. The third kappa shape index (κ3) is 5.69. The van der Waals surface area contributed by atoms with E-state index < -0.39 is 0 Å². The lowest BCUT2D eigenvalue weighted by atomic mass is 10.2. The van der Waals surface area contributed by atoms with Gasteiger partial charge < -0.3 is 10.1 Å². The average Bonchev–Trinajstić information content (AvgIpc) is 2.33. The van der Waals surface area contributed by atoms with Gasteiger partial charge in [0.1, 0.15) is 0 Å². The van der Waals surface area contributed by atoms with E-state index in [1.165, 1.54) is 0 Å². The summed E-state index contributed by atoms with van der Waals surface area (Å²) in [4.78, 5) is 11.8. The van der Waals surface area contributed by atoms with Crippen LogP contribution in [-0.4, -0.2) is 31.0 Å². The maximum Gasteiger partial charge on any atom is 0.252 e. The molecule has 0 fully saturated rings. The van der Waals surface area contributed by atoms with Crippen molar-refractivity contribution in [1.82, 2.24) is 5.32 Å². The molecule has 1 N–H and O–H groups in total. The van der Waals surface area contributed by atoms with E-state index in [4.69, 9.17) is 16.3 Å². The molecule has 0 spiro atoms. The van der Waals surface area contributed by atoms with Crippen molar-refractivity contribution in [2.45, 2.75) is 6.42 Å². The molecule has 1 amide bonds. The van der Waals surface area contributed by atoms with Crippen LogP contribution in [-0.2, 0) is 4.74 Å². The lowest BCUT2D eigenvalue weighted by Crippen LogP contribution is -2.25. The first-order valence-electron chi connectivity index (χ1n) is 5.52. The van der Waals surface area contributed by atoms with Gasteiger partial charge >= 0.3 is 0 Å². The Kier molecular flexibility index (Phi) is 7.90. The van der Waals surface area contributed by atoms with E-state index in [9.17, 15) is 4.79 Å². The number of nitrogens with one attached hydrogen (secondary N) is 1. The highest BCUT2D eigenvalue weighted by Gasteiger charge is 2.09. The maximum atomic E-state index is 11.8. The Morgan fingerprint density at radius 1 is 1.39 bits per heavy atom. The third-order valence-electron chi connectivity index (χ3n) is 2.15. The van der Waals surface area contributed by atoms with Crippen LogP contribution < -0.4 is 5.32 Å². The quantitative estimate of drug-likeness (QED) is 0.562. The van der Waals surface area contributed by atoms with Crippen LogP contribution >= 0.6 is 43.5 Å². The SMILES string of the molecule is O=C(NCCCOCCBr)c1ccc(Cl)cc1Br. The van der Waals surface area contributed by atoms with Gasteiger partial charge in [0.25, 0.3) is 5.91 Å². The number of carbonyl (C=O) groups excluding carboxylic acids is 1. The lowest BCUT2D eigenvalue weighted by molar-refractivity contribution is 0.0944. The van der Waals surface area contributed by atoms with Gasteiger partial charge in [-0.2, -0.15) is 0 Å². The normalized spacial score (nSPS) is 10.4. The molecule has 0 aliphatic rings. The Morgan fingerprint density at radius 2 is 2.17 bits per heavy atom. The molecule has 0 heterocycles. The van der Waals surface area contributed by atoms with Gasteiger partial charge in [0, 0.05) is 28.0 Å². The predicted molar refractivity (Wildman–Crippen MR) is 80.7 cm³/mol. The van der Waals surface area contributed by atoms with E-state index in [1.807, 2.05) is 0 Å². The van der Waals surface area contributed by atoms with Crippen molar-refractivity contribution in [2.24, 2.45) is 0 Å².